The third-order valence-corrected chi connectivity index (χ3v) is 11.8. The van der Waals surface area contributed by atoms with Gasteiger partial charge in [-0.2, -0.15) is 0 Å². The smallest absolute Gasteiger partial charge is 0.198 e. The summed E-state index contributed by atoms with van der Waals surface area (Å²) in [6, 6.07) is 50.4. The maximum absolute atomic E-state index is 3.95. The van der Waals surface area contributed by atoms with Crippen molar-refractivity contribution < 1.29 is 0 Å². The van der Waals surface area contributed by atoms with E-state index >= 15 is 0 Å². The van der Waals surface area contributed by atoms with Crippen molar-refractivity contribution in [2.24, 2.45) is 0 Å². The number of nitrogens with one attached hydrogen (secondary N) is 1. The molecule has 0 amide bonds. The van der Waals surface area contributed by atoms with Crippen LogP contribution in [0.15, 0.2) is 133 Å². The fraction of sp³-hybridized carbons (Fsp3) is 0.167. The van der Waals surface area contributed by atoms with E-state index in [1.165, 1.54) is 119 Å². The van der Waals surface area contributed by atoms with E-state index < -0.39 is 0 Å². The van der Waals surface area contributed by atoms with Crippen LogP contribution in [0.4, 0.5) is 11.4 Å². The molecule has 0 atom stereocenters. The first kappa shape index (κ1) is 30.3. The van der Waals surface area contributed by atoms with Gasteiger partial charge in [0.2, 0.25) is 0 Å². The highest BCUT2D eigenvalue weighted by molar-refractivity contribution is 6.73. The lowest BCUT2D eigenvalue weighted by Crippen LogP contribution is -2.37. The molecular formula is C48H41BN2. The summed E-state index contributed by atoms with van der Waals surface area (Å²) in [5.41, 5.74) is 18.2. The molecule has 2 aliphatic rings. The summed E-state index contributed by atoms with van der Waals surface area (Å²) < 4.78 is 2.58. The number of aromatic nitrogens is 1. The maximum atomic E-state index is 3.95. The van der Waals surface area contributed by atoms with Gasteiger partial charge in [0.1, 0.15) is 0 Å². The number of hydrogen-bond acceptors (Lipinski definition) is 1. The third kappa shape index (κ3) is 4.50. The Morgan fingerprint density at radius 3 is 2.33 bits per heavy atom. The second-order valence-electron chi connectivity index (χ2n) is 15.2. The van der Waals surface area contributed by atoms with Crippen LogP contribution in [-0.4, -0.2) is 11.8 Å². The van der Waals surface area contributed by atoms with E-state index in [4.69, 9.17) is 0 Å². The minimum atomic E-state index is -0.134. The molecule has 10 rings (SSSR count). The summed E-state index contributed by atoms with van der Waals surface area (Å²) in [5, 5.41) is 9.24. The molecule has 0 spiro atoms. The average Bonchev–Trinajstić information content (AvgIpc) is 3.52. The van der Waals surface area contributed by atoms with Crippen molar-refractivity contribution in [1.29, 1.82) is 0 Å². The highest BCUT2D eigenvalue weighted by atomic mass is 15.0. The highest BCUT2D eigenvalue weighted by Crippen LogP contribution is 2.50. The van der Waals surface area contributed by atoms with Crippen molar-refractivity contribution in [2.75, 3.05) is 5.32 Å². The molecule has 1 N–H and O–H groups in total. The van der Waals surface area contributed by atoms with E-state index in [-0.39, 0.29) is 5.41 Å². The van der Waals surface area contributed by atoms with Crippen LogP contribution in [0, 0.1) is 0 Å². The second kappa shape index (κ2) is 11.5. The monoisotopic (exact) mass is 656 g/mol. The SMILES string of the molecule is CCCCCc1ccc(-c2cc(-c3cccc4c3Nc3ccccc3C4(C)C)c3c4c2c2c5ccccc5ccc2n4-c2ccccc2B3)cc1. The molecule has 3 heteroatoms. The van der Waals surface area contributed by atoms with Crippen molar-refractivity contribution in [3.8, 4) is 27.9 Å². The Morgan fingerprint density at radius 1 is 0.667 bits per heavy atom. The Labute approximate surface area is 301 Å². The van der Waals surface area contributed by atoms with Crippen LogP contribution in [-0.2, 0) is 11.8 Å². The number of para-hydroxylation sites is 3. The normalized spacial score (nSPS) is 13.8. The third-order valence-electron chi connectivity index (χ3n) is 11.8. The second-order valence-corrected chi connectivity index (χ2v) is 15.2. The van der Waals surface area contributed by atoms with Crippen LogP contribution >= 0.6 is 0 Å². The molecule has 1 aromatic heterocycles. The molecular weight excluding hydrogens is 615 g/mol. The van der Waals surface area contributed by atoms with E-state index in [0.29, 0.717) is 0 Å². The highest BCUT2D eigenvalue weighted by Gasteiger charge is 2.35. The molecule has 0 fully saturated rings. The molecule has 2 aliphatic heterocycles. The molecule has 0 saturated carbocycles. The average molecular weight is 657 g/mol. The summed E-state index contributed by atoms with van der Waals surface area (Å²) >= 11 is 0. The molecule has 51 heavy (non-hydrogen) atoms. The van der Waals surface area contributed by atoms with Gasteiger partial charge in [0.15, 0.2) is 7.28 Å². The predicted molar refractivity (Wildman–Crippen MR) is 221 cm³/mol. The molecule has 246 valence electrons. The van der Waals surface area contributed by atoms with Gasteiger partial charge in [-0.3, -0.25) is 0 Å². The summed E-state index contributed by atoms with van der Waals surface area (Å²) in [5.74, 6) is 0. The van der Waals surface area contributed by atoms with Crippen LogP contribution in [0.1, 0.15) is 56.7 Å². The van der Waals surface area contributed by atoms with Crippen molar-refractivity contribution in [1.82, 2.24) is 4.57 Å². The molecule has 8 aromatic rings. The van der Waals surface area contributed by atoms with Crippen LogP contribution in [0.2, 0.25) is 0 Å². The zero-order valence-electron chi connectivity index (χ0n) is 29.7. The quantitative estimate of drug-likeness (QED) is 0.139. The van der Waals surface area contributed by atoms with Gasteiger partial charge in [-0.1, -0.05) is 148 Å². The number of rotatable bonds is 6. The van der Waals surface area contributed by atoms with Gasteiger partial charge in [0.25, 0.3) is 0 Å². The molecule has 0 unspecified atom stereocenters. The number of benzene rings is 7. The molecule has 3 heterocycles. The van der Waals surface area contributed by atoms with Gasteiger partial charge in [-0.05, 0) is 86.7 Å². The molecule has 0 aliphatic carbocycles. The molecule has 0 bridgehead atoms. The minimum absolute atomic E-state index is 0.134. The van der Waals surface area contributed by atoms with E-state index in [9.17, 15) is 0 Å². The van der Waals surface area contributed by atoms with E-state index in [1.807, 2.05) is 0 Å². The zero-order valence-corrected chi connectivity index (χ0v) is 29.7. The fourth-order valence-corrected chi connectivity index (χ4v) is 9.28. The lowest BCUT2D eigenvalue weighted by atomic mass is 9.58. The number of hydrogen-bond donors (Lipinski definition) is 1. The first-order chi connectivity index (χ1) is 25.0. The number of anilines is 2. The molecule has 0 radical (unpaired) electrons. The van der Waals surface area contributed by atoms with Crippen LogP contribution in [0.25, 0.3) is 60.5 Å². The number of nitrogens with zero attached hydrogens (tertiary/aromatic N) is 1. The van der Waals surface area contributed by atoms with Gasteiger partial charge in [-0.15, -0.1) is 0 Å². The van der Waals surface area contributed by atoms with Crippen molar-refractivity contribution in [3.63, 3.8) is 0 Å². The largest absolute Gasteiger partial charge is 0.355 e. The summed E-state index contributed by atoms with van der Waals surface area (Å²) in [6.45, 7) is 7.02. The van der Waals surface area contributed by atoms with E-state index in [0.717, 1.165) is 13.7 Å². The van der Waals surface area contributed by atoms with Crippen molar-refractivity contribution in [3.05, 3.63) is 150 Å². The topological polar surface area (TPSA) is 17.0 Å². The lowest BCUT2D eigenvalue weighted by Gasteiger charge is -2.37. The molecule has 2 nitrogen and oxygen atoms in total. The standard InChI is InChI=1S/C48H41BN2/c1-4-5-6-14-30-23-25-32(26-24-30)35-29-36(34-17-13-19-38-46(34)50-40-21-11-9-18-37(40)48(38,2)3)45-47-44(35)43-33-16-8-7-15-31(33)27-28-42(43)51(47)41-22-12-10-20-39(41)49-45/h7-13,15-29,49-50H,4-6,14H2,1-3H3. The Hall–Kier alpha value is -5.54. The Morgan fingerprint density at radius 2 is 1.45 bits per heavy atom. The van der Waals surface area contributed by atoms with E-state index in [2.05, 4.69) is 164 Å². The zero-order chi connectivity index (χ0) is 34.3. The van der Waals surface area contributed by atoms with Crippen molar-refractivity contribution in [2.45, 2.75) is 51.9 Å². The Kier molecular flexibility index (Phi) is 6.83. The maximum Gasteiger partial charge on any atom is 0.198 e. The van der Waals surface area contributed by atoms with Crippen molar-refractivity contribution >= 4 is 62.2 Å². The first-order valence-electron chi connectivity index (χ1n) is 18.7. The Balaban J connectivity index is 1.33. The lowest BCUT2D eigenvalue weighted by molar-refractivity contribution is 0.638. The summed E-state index contributed by atoms with van der Waals surface area (Å²) in [6.07, 6.45) is 4.89. The predicted octanol–water partition coefficient (Wildman–Crippen LogP) is 11.1. The van der Waals surface area contributed by atoms with Crippen LogP contribution in [0.5, 0.6) is 0 Å². The van der Waals surface area contributed by atoms with Gasteiger partial charge in [0, 0.05) is 38.6 Å². The minimum Gasteiger partial charge on any atom is -0.355 e. The summed E-state index contributed by atoms with van der Waals surface area (Å²) in [7, 11) is 0.885. The van der Waals surface area contributed by atoms with Gasteiger partial charge in [-0.25, -0.2) is 0 Å². The van der Waals surface area contributed by atoms with E-state index in [1.54, 1.807) is 0 Å². The molecule has 0 saturated heterocycles. The van der Waals surface area contributed by atoms with Gasteiger partial charge < -0.3 is 9.88 Å². The molecule has 7 aromatic carbocycles. The Bertz CT molecular complexity index is 2680. The number of fused-ring (bicyclic) bond motifs is 9. The first-order valence-corrected chi connectivity index (χ1v) is 18.7. The van der Waals surface area contributed by atoms with Crippen LogP contribution < -0.4 is 16.2 Å². The number of aryl methyl sites for hydroxylation is 1. The van der Waals surface area contributed by atoms with Crippen LogP contribution in [0.3, 0.4) is 0 Å². The summed E-state index contributed by atoms with van der Waals surface area (Å²) in [4.78, 5) is 0. The van der Waals surface area contributed by atoms with Gasteiger partial charge >= 0.3 is 0 Å². The van der Waals surface area contributed by atoms with Gasteiger partial charge in [0.05, 0.1) is 11.2 Å². The number of unbranched alkanes of at least 4 members (excludes halogenated alkanes) is 2. The fourth-order valence-electron chi connectivity index (χ4n) is 9.28.